The van der Waals surface area contributed by atoms with Crippen LogP contribution in [0, 0.1) is 21.7 Å². The lowest BCUT2D eigenvalue weighted by atomic mass is 10.0. The molecule has 0 saturated carbocycles. The van der Waals surface area contributed by atoms with Gasteiger partial charge in [0.2, 0.25) is 5.82 Å². The first-order valence-corrected chi connectivity index (χ1v) is 5.81. The summed E-state index contributed by atoms with van der Waals surface area (Å²) in [5.41, 5.74) is -0.560. The number of nitro benzene ring substituents is 1. The Labute approximate surface area is 104 Å². The minimum Gasteiger partial charge on any atom is -0.314 e. The molecule has 6 heteroatoms. The molecule has 0 aromatic heterocycles. The van der Waals surface area contributed by atoms with Gasteiger partial charge in [-0.2, -0.15) is 4.39 Å². The van der Waals surface area contributed by atoms with Crippen molar-refractivity contribution < 1.29 is 13.7 Å². The van der Waals surface area contributed by atoms with Crippen molar-refractivity contribution in [3.8, 4) is 0 Å². The average molecular weight is 258 g/mol. The van der Waals surface area contributed by atoms with E-state index in [1.54, 1.807) is 0 Å². The van der Waals surface area contributed by atoms with Gasteiger partial charge in [0.1, 0.15) is 5.82 Å². The monoisotopic (exact) mass is 258 g/mol. The second-order valence-electron chi connectivity index (χ2n) is 4.21. The molecule has 1 unspecified atom stereocenters. The van der Waals surface area contributed by atoms with Crippen LogP contribution in [-0.2, 0) is 6.42 Å². The molecular weight excluding hydrogens is 242 g/mol. The highest BCUT2D eigenvalue weighted by atomic mass is 19.1. The Morgan fingerprint density at radius 3 is 2.67 bits per heavy atom. The van der Waals surface area contributed by atoms with Crippen LogP contribution in [0.15, 0.2) is 12.1 Å². The van der Waals surface area contributed by atoms with Gasteiger partial charge in [-0.15, -0.1) is 0 Å². The Balaban J connectivity index is 2.96. The number of hydrogen-bond acceptors (Lipinski definition) is 3. The minimum absolute atomic E-state index is 0.0774. The van der Waals surface area contributed by atoms with E-state index < -0.39 is 22.2 Å². The molecule has 1 rings (SSSR count). The number of nitro groups is 1. The topological polar surface area (TPSA) is 55.2 Å². The Kier molecular flexibility index (Phi) is 5.15. The van der Waals surface area contributed by atoms with Gasteiger partial charge in [-0.3, -0.25) is 10.1 Å². The molecule has 100 valence electrons. The predicted octanol–water partition coefficient (Wildman–Crippen LogP) is 2.80. The maximum atomic E-state index is 13.4. The first-order chi connectivity index (χ1) is 8.45. The van der Waals surface area contributed by atoms with Gasteiger partial charge in [-0.1, -0.05) is 6.92 Å². The van der Waals surface area contributed by atoms with E-state index in [-0.39, 0.29) is 18.0 Å². The molecule has 0 spiro atoms. The molecule has 1 aromatic carbocycles. The van der Waals surface area contributed by atoms with Gasteiger partial charge in [-0.25, -0.2) is 4.39 Å². The van der Waals surface area contributed by atoms with Crippen LogP contribution >= 0.6 is 0 Å². The average Bonchev–Trinajstić information content (AvgIpc) is 2.24. The van der Waals surface area contributed by atoms with Gasteiger partial charge in [0.05, 0.1) is 4.92 Å². The predicted molar refractivity (Wildman–Crippen MR) is 64.5 cm³/mol. The van der Waals surface area contributed by atoms with Gasteiger partial charge < -0.3 is 5.32 Å². The lowest BCUT2D eigenvalue weighted by molar-refractivity contribution is -0.388. The zero-order chi connectivity index (χ0) is 13.7. The molecule has 0 saturated heterocycles. The lowest BCUT2D eigenvalue weighted by Crippen LogP contribution is -2.29. The van der Waals surface area contributed by atoms with E-state index in [1.165, 1.54) is 0 Å². The number of rotatable bonds is 6. The van der Waals surface area contributed by atoms with E-state index in [2.05, 4.69) is 5.32 Å². The Morgan fingerprint density at radius 1 is 1.44 bits per heavy atom. The standard InChI is InChI=1S/C12H16F2N2O2/c1-3-4-15-8(2)5-9-6-10(13)7-11(14)12(9)16(17)18/h6-8,15H,3-5H2,1-2H3. The van der Waals surface area contributed by atoms with Crippen LogP contribution in [0.1, 0.15) is 25.8 Å². The maximum Gasteiger partial charge on any atom is 0.308 e. The van der Waals surface area contributed by atoms with Crippen LogP contribution in [0.3, 0.4) is 0 Å². The largest absolute Gasteiger partial charge is 0.314 e. The van der Waals surface area contributed by atoms with Gasteiger partial charge in [0, 0.05) is 17.7 Å². The highest BCUT2D eigenvalue weighted by Crippen LogP contribution is 2.25. The van der Waals surface area contributed by atoms with Crippen molar-refractivity contribution in [1.29, 1.82) is 0 Å². The van der Waals surface area contributed by atoms with Crippen molar-refractivity contribution in [2.24, 2.45) is 0 Å². The molecule has 1 atom stereocenters. The van der Waals surface area contributed by atoms with Gasteiger partial charge in [0.15, 0.2) is 0 Å². The first kappa shape index (κ1) is 14.5. The van der Waals surface area contributed by atoms with Crippen molar-refractivity contribution in [2.75, 3.05) is 6.54 Å². The Morgan fingerprint density at radius 2 is 2.11 bits per heavy atom. The summed E-state index contributed by atoms with van der Waals surface area (Å²) < 4.78 is 26.5. The summed E-state index contributed by atoms with van der Waals surface area (Å²) in [6.45, 7) is 4.57. The molecule has 1 N–H and O–H groups in total. The molecule has 4 nitrogen and oxygen atoms in total. The summed E-state index contributed by atoms with van der Waals surface area (Å²) in [4.78, 5) is 9.96. The van der Waals surface area contributed by atoms with Crippen molar-refractivity contribution in [3.05, 3.63) is 39.4 Å². The number of hydrogen-bond donors (Lipinski definition) is 1. The molecule has 0 radical (unpaired) electrons. The van der Waals surface area contributed by atoms with Crippen molar-refractivity contribution in [2.45, 2.75) is 32.7 Å². The molecule has 0 aliphatic carbocycles. The second kappa shape index (κ2) is 6.39. The van der Waals surface area contributed by atoms with E-state index in [9.17, 15) is 18.9 Å². The van der Waals surface area contributed by atoms with E-state index in [0.29, 0.717) is 6.07 Å². The molecule has 0 amide bonds. The third-order valence-corrected chi connectivity index (χ3v) is 2.56. The fourth-order valence-electron chi connectivity index (χ4n) is 1.77. The van der Waals surface area contributed by atoms with Crippen LogP contribution in [0.25, 0.3) is 0 Å². The zero-order valence-electron chi connectivity index (χ0n) is 10.4. The van der Waals surface area contributed by atoms with E-state index >= 15 is 0 Å². The number of nitrogens with zero attached hydrogens (tertiary/aromatic N) is 1. The van der Waals surface area contributed by atoms with Crippen molar-refractivity contribution in [1.82, 2.24) is 5.32 Å². The van der Waals surface area contributed by atoms with Crippen LogP contribution < -0.4 is 5.32 Å². The Hall–Kier alpha value is -1.56. The van der Waals surface area contributed by atoms with Crippen molar-refractivity contribution >= 4 is 5.69 Å². The van der Waals surface area contributed by atoms with E-state index in [0.717, 1.165) is 19.0 Å². The van der Waals surface area contributed by atoms with Gasteiger partial charge in [-0.05, 0) is 32.4 Å². The van der Waals surface area contributed by atoms with E-state index in [1.807, 2.05) is 13.8 Å². The maximum absolute atomic E-state index is 13.4. The first-order valence-electron chi connectivity index (χ1n) is 5.81. The third kappa shape index (κ3) is 3.73. The molecule has 1 aromatic rings. The van der Waals surface area contributed by atoms with Crippen molar-refractivity contribution in [3.63, 3.8) is 0 Å². The van der Waals surface area contributed by atoms with E-state index in [4.69, 9.17) is 0 Å². The molecule has 0 heterocycles. The summed E-state index contributed by atoms with van der Waals surface area (Å²) in [7, 11) is 0. The summed E-state index contributed by atoms with van der Waals surface area (Å²) in [5, 5.41) is 13.9. The highest BCUT2D eigenvalue weighted by Gasteiger charge is 2.22. The van der Waals surface area contributed by atoms with Gasteiger partial charge in [0.25, 0.3) is 0 Å². The number of halogens is 2. The molecule has 0 aliphatic heterocycles. The van der Waals surface area contributed by atoms with Crippen LogP contribution in [0.5, 0.6) is 0 Å². The molecule has 18 heavy (non-hydrogen) atoms. The third-order valence-electron chi connectivity index (χ3n) is 2.56. The molecule has 0 aliphatic rings. The summed E-state index contributed by atoms with van der Waals surface area (Å²) in [6.07, 6.45) is 1.13. The summed E-state index contributed by atoms with van der Waals surface area (Å²) >= 11 is 0. The summed E-state index contributed by atoms with van der Waals surface area (Å²) in [5.74, 6) is -1.92. The van der Waals surface area contributed by atoms with Crippen LogP contribution in [0.4, 0.5) is 14.5 Å². The number of benzene rings is 1. The quantitative estimate of drug-likeness (QED) is 0.630. The normalized spacial score (nSPS) is 12.4. The molecule has 0 fully saturated rings. The lowest BCUT2D eigenvalue weighted by Gasteiger charge is -2.13. The second-order valence-corrected chi connectivity index (χ2v) is 4.21. The Bertz CT molecular complexity index is 438. The molecular formula is C12H16F2N2O2. The smallest absolute Gasteiger partial charge is 0.308 e. The van der Waals surface area contributed by atoms with Crippen LogP contribution in [-0.4, -0.2) is 17.5 Å². The number of nitrogens with one attached hydrogen (secondary N) is 1. The summed E-state index contributed by atoms with van der Waals surface area (Å²) in [6, 6.07) is 1.47. The minimum atomic E-state index is -1.13. The van der Waals surface area contributed by atoms with Crippen LogP contribution in [0.2, 0.25) is 0 Å². The zero-order valence-corrected chi connectivity index (χ0v) is 10.4. The highest BCUT2D eigenvalue weighted by molar-refractivity contribution is 5.42. The fraction of sp³-hybridized carbons (Fsp3) is 0.500. The SMILES string of the molecule is CCCNC(C)Cc1cc(F)cc(F)c1[N+](=O)[O-]. The van der Waals surface area contributed by atoms with Gasteiger partial charge >= 0.3 is 5.69 Å². The fourth-order valence-corrected chi connectivity index (χ4v) is 1.77. The molecule has 0 bridgehead atoms.